The molecular weight excluding hydrogens is 359 g/mol. The second-order valence-corrected chi connectivity index (χ2v) is 6.49. The monoisotopic (exact) mass is 377 g/mol. The van der Waals surface area contributed by atoms with E-state index >= 15 is 0 Å². The summed E-state index contributed by atoms with van der Waals surface area (Å²) in [6.07, 6.45) is -4.95. The van der Waals surface area contributed by atoms with Gasteiger partial charge in [-0.15, -0.1) is 0 Å². The van der Waals surface area contributed by atoms with Crippen LogP contribution in [0.4, 0.5) is 24.5 Å². The van der Waals surface area contributed by atoms with Crippen LogP contribution >= 0.6 is 11.6 Å². The molecule has 0 radical (unpaired) electrons. The standard InChI is InChI=1S/C16H19ClF3N3O2/c1-10(2)14(24)23-7-5-22(6-8-23)13-4-3-11(9-12(13)17)21-15(25)16(18,19)20/h3-4,9-10H,5-8H2,1-2H3,(H,21,25). The fourth-order valence-corrected chi connectivity index (χ4v) is 2.88. The molecular formula is C16H19ClF3N3O2. The fraction of sp³-hybridized carbons (Fsp3) is 0.500. The fourth-order valence-electron chi connectivity index (χ4n) is 2.58. The molecule has 1 aliphatic heterocycles. The lowest BCUT2D eigenvalue weighted by Crippen LogP contribution is -2.50. The molecule has 0 spiro atoms. The number of rotatable bonds is 3. The summed E-state index contributed by atoms with van der Waals surface area (Å²) in [7, 11) is 0. The number of anilines is 2. The number of carbonyl (C=O) groups excluding carboxylic acids is 2. The number of nitrogens with one attached hydrogen (secondary N) is 1. The van der Waals surface area contributed by atoms with Crippen molar-refractivity contribution in [1.29, 1.82) is 0 Å². The molecule has 2 amide bonds. The normalized spacial score (nSPS) is 15.5. The molecule has 0 aromatic heterocycles. The Morgan fingerprint density at radius 1 is 1.16 bits per heavy atom. The van der Waals surface area contributed by atoms with E-state index in [-0.39, 0.29) is 22.5 Å². The first-order chi connectivity index (χ1) is 11.6. The topological polar surface area (TPSA) is 52.7 Å². The van der Waals surface area contributed by atoms with Crippen molar-refractivity contribution in [3.8, 4) is 0 Å². The van der Waals surface area contributed by atoms with Crippen molar-refractivity contribution in [2.45, 2.75) is 20.0 Å². The lowest BCUT2D eigenvalue weighted by molar-refractivity contribution is -0.167. The van der Waals surface area contributed by atoms with Crippen molar-refractivity contribution in [2.24, 2.45) is 5.92 Å². The lowest BCUT2D eigenvalue weighted by atomic mass is 10.1. The maximum atomic E-state index is 12.3. The smallest absolute Gasteiger partial charge is 0.367 e. The van der Waals surface area contributed by atoms with Crippen molar-refractivity contribution >= 4 is 34.8 Å². The average Bonchev–Trinajstić information content (AvgIpc) is 2.53. The van der Waals surface area contributed by atoms with Gasteiger partial charge in [-0.1, -0.05) is 25.4 Å². The minimum atomic E-state index is -4.95. The van der Waals surface area contributed by atoms with E-state index in [1.54, 1.807) is 16.3 Å². The number of halogens is 4. The van der Waals surface area contributed by atoms with Gasteiger partial charge in [0.05, 0.1) is 10.7 Å². The van der Waals surface area contributed by atoms with E-state index < -0.39 is 12.1 Å². The van der Waals surface area contributed by atoms with Crippen molar-refractivity contribution in [3.05, 3.63) is 23.2 Å². The van der Waals surface area contributed by atoms with Crippen LogP contribution in [-0.2, 0) is 9.59 Å². The highest BCUT2D eigenvalue weighted by Crippen LogP contribution is 2.30. The minimum Gasteiger partial charge on any atom is -0.367 e. The molecule has 1 N–H and O–H groups in total. The van der Waals surface area contributed by atoms with Crippen LogP contribution in [0.5, 0.6) is 0 Å². The van der Waals surface area contributed by atoms with Gasteiger partial charge < -0.3 is 15.1 Å². The Balaban J connectivity index is 2.02. The van der Waals surface area contributed by atoms with Crippen LogP contribution in [-0.4, -0.2) is 49.1 Å². The van der Waals surface area contributed by atoms with Crippen molar-refractivity contribution in [1.82, 2.24) is 4.90 Å². The molecule has 5 nitrogen and oxygen atoms in total. The maximum absolute atomic E-state index is 12.3. The van der Waals surface area contributed by atoms with Crippen LogP contribution in [0.2, 0.25) is 5.02 Å². The number of alkyl halides is 3. The van der Waals surface area contributed by atoms with E-state index in [1.807, 2.05) is 18.7 Å². The highest BCUT2D eigenvalue weighted by molar-refractivity contribution is 6.33. The predicted octanol–water partition coefficient (Wildman–Crippen LogP) is 3.15. The molecule has 1 aliphatic rings. The van der Waals surface area contributed by atoms with Crippen molar-refractivity contribution < 1.29 is 22.8 Å². The number of carbonyl (C=O) groups is 2. The molecule has 1 heterocycles. The summed E-state index contributed by atoms with van der Waals surface area (Å²) in [4.78, 5) is 26.7. The molecule has 1 aromatic rings. The van der Waals surface area contributed by atoms with Gasteiger partial charge in [0.1, 0.15) is 0 Å². The van der Waals surface area contributed by atoms with Gasteiger partial charge in [0, 0.05) is 37.8 Å². The quantitative estimate of drug-likeness (QED) is 0.880. The molecule has 1 saturated heterocycles. The largest absolute Gasteiger partial charge is 0.471 e. The molecule has 1 fully saturated rings. The molecule has 1 aromatic carbocycles. The summed E-state index contributed by atoms with van der Waals surface area (Å²) in [5, 5.41) is 2.01. The number of nitrogens with zero attached hydrogens (tertiary/aromatic N) is 2. The van der Waals surface area contributed by atoms with Crippen LogP contribution in [0.1, 0.15) is 13.8 Å². The minimum absolute atomic E-state index is 0.0234. The number of hydrogen-bond donors (Lipinski definition) is 1. The van der Waals surface area contributed by atoms with Gasteiger partial charge in [-0.25, -0.2) is 0 Å². The van der Waals surface area contributed by atoms with E-state index in [0.717, 1.165) is 0 Å². The van der Waals surface area contributed by atoms with Crippen LogP contribution in [0.15, 0.2) is 18.2 Å². The highest BCUT2D eigenvalue weighted by Gasteiger charge is 2.38. The average molecular weight is 378 g/mol. The van der Waals surface area contributed by atoms with Crippen LogP contribution < -0.4 is 10.2 Å². The second-order valence-electron chi connectivity index (χ2n) is 6.09. The first-order valence-electron chi connectivity index (χ1n) is 7.81. The maximum Gasteiger partial charge on any atom is 0.471 e. The van der Waals surface area contributed by atoms with E-state index in [9.17, 15) is 22.8 Å². The summed E-state index contributed by atoms with van der Waals surface area (Å²) in [6, 6.07) is 4.22. The Morgan fingerprint density at radius 2 is 1.76 bits per heavy atom. The number of hydrogen-bond acceptors (Lipinski definition) is 3. The van der Waals surface area contributed by atoms with Crippen LogP contribution in [0, 0.1) is 5.92 Å². The molecule has 9 heteroatoms. The Labute approximate surface area is 148 Å². The van der Waals surface area contributed by atoms with Gasteiger partial charge in [-0.05, 0) is 18.2 Å². The van der Waals surface area contributed by atoms with E-state index in [0.29, 0.717) is 31.9 Å². The van der Waals surface area contributed by atoms with Gasteiger partial charge in [-0.2, -0.15) is 13.2 Å². The van der Waals surface area contributed by atoms with E-state index in [4.69, 9.17) is 11.6 Å². The lowest BCUT2D eigenvalue weighted by Gasteiger charge is -2.37. The zero-order valence-electron chi connectivity index (χ0n) is 13.9. The third-order valence-corrected chi connectivity index (χ3v) is 4.19. The third kappa shape index (κ3) is 4.78. The van der Waals surface area contributed by atoms with E-state index in [2.05, 4.69) is 0 Å². The van der Waals surface area contributed by atoms with Gasteiger partial charge >= 0.3 is 12.1 Å². The molecule has 0 saturated carbocycles. The molecule has 0 unspecified atom stereocenters. The summed E-state index contributed by atoms with van der Waals surface area (Å²) >= 11 is 6.16. The first kappa shape index (κ1) is 19.4. The molecule has 0 atom stereocenters. The SMILES string of the molecule is CC(C)C(=O)N1CCN(c2ccc(NC(=O)C(F)(F)F)cc2Cl)CC1. The van der Waals surface area contributed by atoms with Gasteiger partial charge in [-0.3, -0.25) is 9.59 Å². The molecule has 0 bridgehead atoms. The summed E-state index contributed by atoms with van der Waals surface area (Å²) < 4.78 is 36.8. The van der Waals surface area contributed by atoms with Gasteiger partial charge in [0.15, 0.2) is 0 Å². The molecule has 2 rings (SSSR count). The third-order valence-electron chi connectivity index (χ3n) is 3.89. The Kier molecular flexibility index (Phi) is 5.82. The van der Waals surface area contributed by atoms with Crippen molar-refractivity contribution in [2.75, 3.05) is 36.4 Å². The van der Waals surface area contributed by atoms with E-state index in [1.165, 1.54) is 12.1 Å². The molecule has 138 valence electrons. The zero-order chi connectivity index (χ0) is 18.8. The van der Waals surface area contributed by atoms with Crippen LogP contribution in [0.25, 0.3) is 0 Å². The second kappa shape index (κ2) is 7.51. The highest BCUT2D eigenvalue weighted by atomic mass is 35.5. The first-order valence-corrected chi connectivity index (χ1v) is 8.19. The predicted molar refractivity (Wildman–Crippen MR) is 89.8 cm³/mol. The number of piperazine rings is 1. The van der Waals surface area contributed by atoms with Crippen LogP contribution in [0.3, 0.4) is 0 Å². The molecule has 25 heavy (non-hydrogen) atoms. The summed E-state index contributed by atoms with van der Waals surface area (Å²) in [5.41, 5.74) is 0.632. The number of benzene rings is 1. The number of amides is 2. The summed E-state index contributed by atoms with van der Waals surface area (Å²) in [6.45, 7) is 5.96. The Morgan fingerprint density at radius 3 is 2.24 bits per heavy atom. The van der Waals surface area contributed by atoms with Gasteiger partial charge in [0.25, 0.3) is 0 Å². The molecule has 0 aliphatic carbocycles. The Bertz CT molecular complexity index is 657. The van der Waals surface area contributed by atoms with Crippen molar-refractivity contribution in [3.63, 3.8) is 0 Å². The summed E-state index contributed by atoms with van der Waals surface area (Å²) in [5.74, 6) is -2.01. The Hall–Kier alpha value is -1.96. The van der Waals surface area contributed by atoms with Gasteiger partial charge in [0.2, 0.25) is 5.91 Å². The zero-order valence-corrected chi connectivity index (χ0v) is 14.6.